The van der Waals surface area contributed by atoms with Gasteiger partial charge in [-0.3, -0.25) is 4.79 Å². The molecule has 8 nitrogen and oxygen atoms in total. The number of imidazole rings is 1. The lowest BCUT2D eigenvalue weighted by Gasteiger charge is -2.19. The highest BCUT2D eigenvalue weighted by atomic mass is 19.1. The predicted octanol–water partition coefficient (Wildman–Crippen LogP) is 4.23. The number of ether oxygens (including phenoxy) is 3. The van der Waals surface area contributed by atoms with Crippen molar-refractivity contribution in [3.63, 3.8) is 0 Å². The number of benzene rings is 2. The Hall–Kier alpha value is -3.72. The summed E-state index contributed by atoms with van der Waals surface area (Å²) in [6, 6.07) is 11.1. The molecule has 1 atom stereocenters. The Morgan fingerprint density at radius 3 is 2.71 bits per heavy atom. The quantitative estimate of drug-likeness (QED) is 0.467. The van der Waals surface area contributed by atoms with Gasteiger partial charge in [0, 0.05) is 24.6 Å². The van der Waals surface area contributed by atoms with Gasteiger partial charge in [0.25, 0.3) is 5.91 Å². The number of nitrogens with zero attached hydrogens (tertiary/aromatic N) is 1. The average molecular weight is 482 g/mol. The Morgan fingerprint density at radius 2 is 2.03 bits per heavy atom. The number of aromatic nitrogens is 2. The van der Waals surface area contributed by atoms with Crippen molar-refractivity contribution in [2.24, 2.45) is 0 Å². The molecule has 0 saturated carbocycles. The summed E-state index contributed by atoms with van der Waals surface area (Å²) < 4.78 is 29.5. The summed E-state index contributed by atoms with van der Waals surface area (Å²) in [4.78, 5) is 33.0. The molecule has 1 unspecified atom stereocenters. The molecule has 0 spiro atoms. The first kappa shape index (κ1) is 24.4. The van der Waals surface area contributed by atoms with Crippen LogP contribution in [0.25, 0.3) is 11.3 Å². The molecule has 184 valence electrons. The number of hydrogen-bond acceptors (Lipinski definition) is 6. The summed E-state index contributed by atoms with van der Waals surface area (Å²) in [6.07, 6.45) is 1.88. The van der Waals surface area contributed by atoms with Gasteiger partial charge in [-0.25, -0.2) is 14.2 Å². The third-order valence-electron chi connectivity index (χ3n) is 5.84. The van der Waals surface area contributed by atoms with E-state index >= 15 is 0 Å². The lowest BCUT2D eigenvalue weighted by molar-refractivity contribution is 0.0519. The molecular weight excluding hydrogens is 453 g/mol. The second-order valence-corrected chi connectivity index (χ2v) is 8.20. The molecule has 0 radical (unpaired) electrons. The van der Waals surface area contributed by atoms with Gasteiger partial charge < -0.3 is 24.5 Å². The van der Waals surface area contributed by atoms with E-state index in [-0.39, 0.29) is 24.6 Å². The van der Waals surface area contributed by atoms with Crippen molar-refractivity contribution >= 4 is 11.9 Å². The van der Waals surface area contributed by atoms with E-state index in [9.17, 15) is 14.0 Å². The third kappa shape index (κ3) is 5.68. The number of H-pyrrole nitrogens is 1. The molecule has 1 aliphatic heterocycles. The van der Waals surface area contributed by atoms with E-state index in [1.807, 2.05) is 24.3 Å². The van der Waals surface area contributed by atoms with E-state index in [0.29, 0.717) is 29.6 Å². The smallest absolute Gasteiger partial charge is 0.357 e. The van der Waals surface area contributed by atoms with Gasteiger partial charge in [0.1, 0.15) is 23.1 Å². The van der Waals surface area contributed by atoms with Gasteiger partial charge >= 0.3 is 5.97 Å². The minimum atomic E-state index is -0.518. The zero-order valence-corrected chi connectivity index (χ0v) is 19.7. The average Bonchev–Trinajstić information content (AvgIpc) is 3.34. The zero-order chi connectivity index (χ0) is 24.8. The van der Waals surface area contributed by atoms with Gasteiger partial charge in [-0.05, 0) is 43.5 Å². The van der Waals surface area contributed by atoms with E-state index in [2.05, 4.69) is 10.3 Å². The summed E-state index contributed by atoms with van der Waals surface area (Å²) in [5.74, 6) is -0.317. The van der Waals surface area contributed by atoms with E-state index in [0.717, 1.165) is 36.6 Å². The van der Waals surface area contributed by atoms with Gasteiger partial charge in [0.15, 0.2) is 5.69 Å². The minimum Gasteiger partial charge on any atom is -0.496 e. The van der Waals surface area contributed by atoms with Crippen LogP contribution in [0.15, 0.2) is 42.5 Å². The monoisotopic (exact) mass is 481 g/mol. The second-order valence-electron chi connectivity index (χ2n) is 8.20. The summed E-state index contributed by atoms with van der Waals surface area (Å²) in [6.45, 7) is 3.54. The number of amides is 1. The molecule has 3 aromatic rings. The Labute approximate surface area is 202 Å². The molecule has 0 aliphatic carbocycles. The third-order valence-corrected chi connectivity index (χ3v) is 5.84. The van der Waals surface area contributed by atoms with Crippen LogP contribution in [0.5, 0.6) is 5.75 Å². The first-order valence-electron chi connectivity index (χ1n) is 11.6. The fraction of sp³-hybridized carbons (Fsp3) is 0.346. The standard InChI is InChI=1S/C26H28FN3O5/c1-3-35-26(32)23-22(29-24(30-23)18-5-4-12-34-15-18)17-8-6-16(7-9-17)14-28-25(31)20-13-19(27)10-11-21(20)33-2/h6-11,13,18H,3-5,12,14-15H2,1-2H3,(H,28,31)(H,29,30). The van der Waals surface area contributed by atoms with Crippen LogP contribution in [-0.2, 0) is 16.0 Å². The number of esters is 1. The van der Waals surface area contributed by atoms with Crippen molar-refractivity contribution in [3.05, 3.63) is 70.9 Å². The molecule has 1 aromatic heterocycles. The molecule has 4 rings (SSSR count). The summed E-state index contributed by atoms with van der Waals surface area (Å²) in [5, 5.41) is 2.77. The Balaban J connectivity index is 1.51. The van der Waals surface area contributed by atoms with Crippen LogP contribution >= 0.6 is 0 Å². The normalized spacial score (nSPS) is 15.5. The molecule has 0 bridgehead atoms. The fourth-order valence-electron chi connectivity index (χ4n) is 4.02. The molecule has 35 heavy (non-hydrogen) atoms. The van der Waals surface area contributed by atoms with Gasteiger partial charge in [-0.15, -0.1) is 0 Å². The topological polar surface area (TPSA) is 103 Å². The molecular formula is C26H28FN3O5. The molecule has 9 heteroatoms. The highest BCUT2D eigenvalue weighted by molar-refractivity contribution is 5.97. The van der Waals surface area contributed by atoms with Crippen LogP contribution in [-0.4, -0.2) is 48.8 Å². The van der Waals surface area contributed by atoms with Crippen molar-refractivity contribution in [2.75, 3.05) is 26.9 Å². The van der Waals surface area contributed by atoms with Crippen molar-refractivity contribution in [3.8, 4) is 17.0 Å². The number of hydrogen-bond donors (Lipinski definition) is 2. The fourth-order valence-corrected chi connectivity index (χ4v) is 4.02. The summed E-state index contributed by atoms with van der Waals surface area (Å²) >= 11 is 0. The first-order valence-corrected chi connectivity index (χ1v) is 11.6. The molecule has 1 fully saturated rings. The molecule has 2 heterocycles. The number of aromatic amines is 1. The van der Waals surface area contributed by atoms with E-state index in [4.69, 9.17) is 19.2 Å². The van der Waals surface area contributed by atoms with Crippen molar-refractivity contribution in [2.45, 2.75) is 32.2 Å². The minimum absolute atomic E-state index is 0.0972. The van der Waals surface area contributed by atoms with Crippen molar-refractivity contribution in [1.82, 2.24) is 15.3 Å². The molecule has 2 N–H and O–H groups in total. The Bertz CT molecular complexity index is 1190. The van der Waals surface area contributed by atoms with Crippen molar-refractivity contribution in [1.29, 1.82) is 0 Å². The van der Waals surface area contributed by atoms with Crippen LogP contribution < -0.4 is 10.1 Å². The van der Waals surface area contributed by atoms with Crippen LogP contribution in [0.3, 0.4) is 0 Å². The molecule has 1 amide bonds. The molecule has 1 aliphatic rings. The lowest BCUT2D eigenvalue weighted by Crippen LogP contribution is -2.23. The number of carbonyl (C=O) groups excluding carboxylic acids is 2. The maximum Gasteiger partial charge on any atom is 0.357 e. The Morgan fingerprint density at radius 1 is 1.23 bits per heavy atom. The lowest BCUT2D eigenvalue weighted by atomic mass is 10.0. The van der Waals surface area contributed by atoms with Crippen LogP contribution in [0, 0.1) is 5.82 Å². The number of carbonyl (C=O) groups is 2. The van der Waals surface area contributed by atoms with Crippen LogP contribution in [0.1, 0.15) is 57.9 Å². The van der Waals surface area contributed by atoms with Crippen LogP contribution in [0.2, 0.25) is 0 Å². The maximum absolute atomic E-state index is 13.6. The number of halogens is 1. The summed E-state index contributed by atoms with van der Waals surface area (Å²) in [7, 11) is 1.43. The largest absolute Gasteiger partial charge is 0.496 e. The van der Waals surface area contributed by atoms with E-state index in [1.54, 1.807) is 6.92 Å². The highest BCUT2D eigenvalue weighted by Gasteiger charge is 2.25. The number of rotatable bonds is 8. The zero-order valence-electron chi connectivity index (χ0n) is 19.7. The van der Waals surface area contributed by atoms with Gasteiger partial charge in [0.2, 0.25) is 0 Å². The summed E-state index contributed by atoms with van der Waals surface area (Å²) in [5.41, 5.74) is 2.52. The highest BCUT2D eigenvalue weighted by Crippen LogP contribution is 2.29. The van der Waals surface area contributed by atoms with Gasteiger partial charge in [-0.2, -0.15) is 0 Å². The van der Waals surface area contributed by atoms with Crippen LogP contribution in [0.4, 0.5) is 4.39 Å². The Kier molecular flexibility index (Phi) is 7.77. The number of nitrogens with one attached hydrogen (secondary N) is 2. The van der Waals surface area contributed by atoms with E-state index < -0.39 is 17.7 Å². The van der Waals surface area contributed by atoms with Gasteiger partial charge in [0.05, 0.1) is 25.9 Å². The first-order chi connectivity index (χ1) is 17.0. The molecule has 2 aromatic carbocycles. The SMILES string of the molecule is CCOC(=O)c1[nH]c(C2CCCOC2)nc1-c1ccc(CNC(=O)c2cc(F)ccc2OC)cc1. The maximum atomic E-state index is 13.6. The predicted molar refractivity (Wildman–Crippen MR) is 127 cm³/mol. The van der Waals surface area contributed by atoms with Crippen molar-refractivity contribution < 1.29 is 28.2 Å². The van der Waals surface area contributed by atoms with Gasteiger partial charge in [-0.1, -0.05) is 24.3 Å². The second kappa shape index (κ2) is 11.1. The molecule has 1 saturated heterocycles. The van der Waals surface area contributed by atoms with E-state index in [1.165, 1.54) is 19.2 Å². The number of methoxy groups -OCH3 is 1.